The molecule has 0 aromatic heterocycles. The molecule has 9 heteroatoms. The van der Waals surface area contributed by atoms with Gasteiger partial charge in [0, 0.05) is 5.56 Å². The maximum atomic E-state index is 5.93. The van der Waals surface area contributed by atoms with Crippen LogP contribution < -0.4 is 0 Å². The summed E-state index contributed by atoms with van der Waals surface area (Å²) in [6.45, 7) is 1.02. The van der Waals surface area contributed by atoms with E-state index in [-0.39, 0.29) is 5.84 Å². The fourth-order valence-electron chi connectivity index (χ4n) is 1.81. The van der Waals surface area contributed by atoms with Gasteiger partial charge >= 0.3 is 7.66 Å². The van der Waals surface area contributed by atoms with E-state index in [1.807, 2.05) is 30.3 Å². The molecular formula is C12H11Cl3N3O2P. The number of hydrogen-bond acceptors (Lipinski definition) is 5. The van der Waals surface area contributed by atoms with E-state index in [0.717, 1.165) is 12.0 Å². The third-order valence-corrected chi connectivity index (χ3v) is 5.18. The van der Waals surface area contributed by atoms with Crippen molar-refractivity contribution in [3.8, 4) is 0 Å². The van der Waals surface area contributed by atoms with Gasteiger partial charge in [-0.05, 0) is 6.42 Å². The van der Waals surface area contributed by atoms with Crippen LogP contribution in [0.1, 0.15) is 12.0 Å². The molecule has 0 unspecified atom stereocenters. The van der Waals surface area contributed by atoms with Gasteiger partial charge in [-0.25, -0.2) is 4.99 Å². The lowest BCUT2D eigenvalue weighted by molar-refractivity contribution is 0.174. The Morgan fingerprint density at radius 3 is 2.33 bits per heavy atom. The zero-order valence-electron chi connectivity index (χ0n) is 10.7. The van der Waals surface area contributed by atoms with Crippen molar-refractivity contribution in [2.45, 2.75) is 10.2 Å². The summed E-state index contributed by atoms with van der Waals surface area (Å²) in [4.78, 5) is 4.24. The zero-order valence-corrected chi connectivity index (χ0v) is 13.9. The van der Waals surface area contributed by atoms with Gasteiger partial charge in [-0.3, -0.25) is 0 Å². The molecule has 1 saturated heterocycles. The fraction of sp³-hybridized carbons (Fsp3) is 0.333. The topological polar surface area (TPSA) is 55.5 Å². The average Bonchev–Trinajstić information content (AvgIpc) is 2.47. The van der Waals surface area contributed by atoms with Crippen molar-refractivity contribution < 1.29 is 9.05 Å². The van der Waals surface area contributed by atoms with Crippen molar-refractivity contribution in [3.05, 3.63) is 35.9 Å². The van der Waals surface area contributed by atoms with E-state index in [9.17, 15) is 0 Å². The number of alkyl halides is 3. The van der Waals surface area contributed by atoms with Gasteiger partial charge < -0.3 is 9.05 Å². The predicted molar refractivity (Wildman–Crippen MR) is 86.6 cm³/mol. The molecule has 0 amide bonds. The molecule has 2 aliphatic heterocycles. The van der Waals surface area contributed by atoms with Gasteiger partial charge in [0.1, 0.15) is 0 Å². The Labute approximate surface area is 137 Å². The Morgan fingerprint density at radius 2 is 1.71 bits per heavy atom. The highest BCUT2D eigenvalue weighted by Crippen LogP contribution is 2.58. The summed E-state index contributed by atoms with van der Waals surface area (Å²) in [5.41, 5.74) is 0.788. The number of nitrogens with zero attached hydrogens (tertiary/aromatic N) is 3. The van der Waals surface area contributed by atoms with Crippen LogP contribution in [0.2, 0.25) is 0 Å². The van der Waals surface area contributed by atoms with E-state index in [1.54, 1.807) is 0 Å². The molecule has 112 valence electrons. The maximum Gasteiger partial charge on any atom is 0.344 e. The Bertz CT molecular complexity index is 645. The summed E-state index contributed by atoms with van der Waals surface area (Å²) in [5.74, 6) is 0.443. The van der Waals surface area contributed by atoms with E-state index in [0.29, 0.717) is 19.0 Å². The van der Waals surface area contributed by atoms with Crippen molar-refractivity contribution in [1.82, 2.24) is 0 Å². The molecule has 3 rings (SSSR count). The molecule has 1 fully saturated rings. The van der Waals surface area contributed by atoms with E-state index in [2.05, 4.69) is 14.5 Å². The second-order valence-corrected chi connectivity index (χ2v) is 8.51. The highest BCUT2D eigenvalue weighted by atomic mass is 35.6. The third kappa shape index (κ3) is 3.50. The van der Waals surface area contributed by atoms with Crippen LogP contribution in [0.25, 0.3) is 0 Å². The SMILES string of the molecule is ClC(Cl)(Cl)C1=NP2(=NC(c3ccccc3)=N1)OCCCO2. The van der Waals surface area contributed by atoms with Crippen molar-refractivity contribution in [2.24, 2.45) is 14.5 Å². The Balaban J connectivity index is 2.11. The van der Waals surface area contributed by atoms with Crippen LogP contribution in [0.15, 0.2) is 44.8 Å². The van der Waals surface area contributed by atoms with Gasteiger partial charge in [-0.1, -0.05) is 65.1 Å². The van der Waals surface area contributed by atoms with Crippen LogP contribution >= 0.6 is 42.5 Å². The Morgan fingerprint density at radius 1 is 1.05 bits per heavy atom. The Kier molecular flexibility index (Phi) is 4.42. The summed E-state index contributed by atoms with van der Waals surface area (Å²) in [6, 6.07) is 9.38. The van der Waals surface area contributed by atoms with Crippen LogP contribution in [-0.4, -0.2) is 28.7 Å². The van der Waals surface area contributed by atoms with Crippen molar-refractivity contribution in [2.75, 3.05) is 13.2 Å². The number of amidine groups is 2. The zero-order chi connectivity index (χ0) is 14.9. The third-order valence-electron chi connectivity index (χ3n) is 2.75. The predicted octanol–water partition coefficient (Wildman–Crippen LogP) is 4.60. The number of hydrogen-bond donors (Lipinski definition) is 0. The highest BCUT2D eigenvalue weighted by Gasteiger charge is 2.37. The summed E-state index contributed by atoms with van der Waals surface area (Å²) >= 11 is 17.8. The minimum Gasteiger partial charge on any atom is -0.306 e. The molecule has 1 aromatic carbocycles. The van der Waals surface area contributed by atoms with Gasteiger partial charge in [0.05, 0.1) is 13.2 Å². The smallest absolute Gasteiger partial charge is 0.306 e. The number of aliphatic imine (C=N–C) groups is 1. The molecule has 1 spiro atoms. The molecule has 21 heavy (non-hydrogen) atoms. The summed E-state index contributed by atoms with van der Waals surface area (Å²) in [6.07, 6.45) is 0.785. The van der Waals surface area contributed by atoms with Crippen molar-refractivity contribution in [3.63, 3.8) is 0 Å². The number of rotatable bonds is 1. The lowest BCUT2D eigenvalue weighted by Gasteiger charge is -2.28. The minimum absolute atomic E-state index is 0.0385. The summed E-state index contributed by atoms with van der Waals surface area (Å²) in [5, 5.41) is 0. The quantitative estimate of drug-likeness (QED) is 0.539. The van der Waals surface area contributed by atoms with Gasteiger partial charge in [0.2, 0.25) is 3.79 Å². The molecular weight excluding hydrogens is 355 g/mol. The molecule has 0 bridgehead atoms. The van der Waals surface area contributed by atoms with Crippen LogP contribution in [0, 0.1) is 0 Å². The molecule has 0 radical (unpaired) electrons. The second-order valence-electron chi connectivity index (χ2n) is 4.33. The number of halogens is 3. The van der Waals surface area contributed by atoms with E-state index < -0.39 is 11.5 Å². The van der Waals surface area contributed by atoms with Crippen molar-refractivity contribution in [1.29, 1.82) is 0 Å². The molecule has 2 aliphatic rings. The van der Waals surface area contributed by atoms with Gasteiger partial charge in [-0.15, -0.1) is 0 Å². The maximum absolute atomic E-state index is 5.93. The van der Waals surface area contributed by atoms with E-state index in [1.165, 1.54) is 0 Å². The summed E-state index contributed by atoms with van der Waals surface area (Å²) < 4.78 is 18.3. The monoisotopic (exact) mass is 365 g/mol. The molecule has 0 aliphatic carbocycles. The van der Waals surface area contributed by atoms with Crippen LogP contribution in [0.4, 0.5) is 0 Å². The van der Waals surface area contributed by atoms with Crippen LogP contribution in [-0.2, 0) is 9.05 Å². The van der Waals surface area contributed by atoms with Gasteiger partial charge in [-0.2, -0.15) is 9.51 Å². The lowest BCUT2D eigenvalue weighted by atomic mass is 10.2. The van der Waals surface area contributed by atoms with Crippen LogP contribution in [0.3, 0.4) is 0 Å². The molecule has 0 saturated carbocycles. The first-order valence-corrected chi connectivity index (χ1v) is 8.88. The molecule has 0 atom stereocenters. The standard InChI is InChI=1S/C12H11Cl3N3O2P/c13-12(14,15)11-16-10(9-5-2-1-3-6-9)17-21(18-11)19-7-4-8-20-21/h1-3,5-6H,4,7-8H2. The average molecular weight is 367 g/mol. The first-order valence-electron chi connectivity index (χ1n) is 6.21. The second kappa shape index (κ2) is 5.99. The van der Waals surface area contributed by atoms with Crippen LogP contribution in [0.5, 0.6) is 0 Å². The first-order chi connectivity index (χ1) is 9.99. The molecule has 1 aromatic rings. The molecule has 5 nitrogen and oxygen atoms in total. The van der Waals surface area contributed by atoms with Crippen molar-refractivity contribution >= 4 is 54.1 Å². The van der Waals surface area contributed by atoms with E-state index in [4.69, 9.17) is 43.9 Å². The number of benzene rings is 1. The Hall–Kier alpha value is -0.420. The van der Waals surface area contributed by atoms with Gasteiger partial charge in [0.15, 0.2) is 11.7 Å². The largest absolute Gasteiger partial charge is 0.344 e. The minimum atomic E-state index is -2.83. The van der Waals surface area contributed by atoms with E-state index >= 15 is 0 Å². The first kappa shape index (κ1) is 15.5. The highest BCUT2D eigenvalue weighted by molar-refractivity contribution is 7.56. The fourth-order valence-corrected chi connectivity index (χ4v) is 4.16. The molecule has 0 N–H and O–H groups in total. The normalized spacial score (nSPS) is 21.5. The summed E-state index contributed by atoms with van der Waals surface area (Å²) in [7, 11) is -2.83. The molecule has 2 heterocycles. The van der Waals surface area contributed by atoms with Gasteiger partial charge in [0.25, 0.3) is 0 Å². The lowest BCUT2D eigenvalue weighted by Crippen LogP contribution is -2.23.